The fraction of sp³-hybridized carbons (Fsp3) is 0.476. The van der Waals surface area contributed by atoms with E-state index in [1.54, 1.807) is 0 Å². The van der Waals surface area contributed by atoms with E-state index in [4.69, 9.17) is 21.4 Å². The molecule has 0 N–H and O–H groups in total. The minimum Gasteiger partial charge on any atom is -0.378 e. The highest BCUT2D eigenvalue weighted by Gasteiger charge is 2.25. The minimum absolute atomic E-state index is 0.280. The van der Waals surface area contributed by atoms with Gasteiger partial charge in [-0.3, -0.25) is 4.90 Å². The van der Waals surface area contributed by atoms with E-state index in [1.807, 2.05) is 6.20 Å². The van der Waals surface area contributed by atoms with Crippen molar-refractivity contribution in [2.24, 2.45) is 0 Å². The first-order valence-electron chi connectivity index (χ1n) is 10.3. The molecule has 2 saturated heterocycles. The molecule has 0 atom stereocenters. The molecular weight excluding hydrogens is 388 g/mol. The zero-order chi connectivity index (χ0) is 19.6. The quantitative estimate of drug-likeness (QED) is 0.613. The van der Waals surface area contributed by atoms with Crippen molar-refractivity contribution in [3.63, 3.8) is 0 Å². The van der Waals surface area contributed by atoms with Crippen LogP contribution >= 0.6 is 11.6 Å². The lowest BCUT2D eigenvalue weighted by Gasteiger charge is -2.32. The zero-order valence-electron chi connectivity index (χ0n) is 16.4. The third-order valence-electron chi connectivity index (χ3n) is 5.87. The summed E-state index contributed by atoms with van der Waals surface area (Å²) in [6.45, 7) is 6.14. The second-order valence-corrected chi connectivity index (χ2v) is 8.07. The van der Waals surface area contributed by atoms with Gasteiger partial charge in [-0.25, -0.2) is 4.68 Å². The van der Waals surface area contributed by atoms with E-state index in [2.05, 4.69) is 54.8 Å². The molecule has 0 unspecified atom stereocenters. The maximum absolute atomic E-state index is 6.29. The van der Waals surface area contributed by atoms with Gasteiger partial charge in [-0.05, 0) is 30.0 Å². The number of fused-ring (bicyclic) bond motifs is 1. The van der Waals surface area contributed by atoms with Gasteiger partial charge in [0, 0.05) is 32.7 Å². The van der Waals surface area contributed by atoms with Gasteiger partial charge >= 0.3 is 0 Å². The standard InChI is InChI=1S/C21H25ClN6O/c22-21-24-19(27-10-12-29-13-11-27)18-14-23-28(20(18)25-21)17-6-8-26(9-7-17)15-16-4-2-1-3-5-16/h1-5,14,17H,6-13,15H2. The van der Waals surface area contributed by atoms with E-state index in [-0.39, 0.29) is 5.28 Å². The number of piperidine rings is 1. The molecule has 5 rings (SSSR count). The van der Waals surface area contributed by atoms with Gasteiger partial charge in [0.1, 0.15) is 5.82 Å². The van der Waals surface area contributed by atoms with Crippen LogP contribution in [0.4, 0.5) is 5.82 Å². The molecule has 0 amide bonds. The van der Waals surface area contributed by atoms with E-state index in [9.17, 15) is 0 Å². The first-order chi connectivity index (χ1) is 14.3. The van der Waals surface area contributed by atoms with Gasteiger partial charge in [0.05, 0.1) is 30.8 Å². The summed E-state index contributed by atoms with van der Waals surface area (Å²) in [5.41, 5.74) is 2.21. The van der Waals surface area contributed by atoms with Crippen molar-refractivity contribution in [2.45, 2.75) is 25.4 Å². The van der Waals surface area contributed by atoms with Crippen LogP contribution in [-0.4, -0.2) is 64.0 Å². The number of anilines is 1. The Kier molecular flexibility index (Phi) is 5.35. The molecule has 3 aromatic rings. The van der Waals surface area contributed by atoms with E-state index in [0.717, 1.165) is 62.4 Å². The van der Waals surface area contributed by atoms with Crippen LogP contribution in [0, 0.1) is 0 Å². The summed E-state index contributed by atoms with van der Waals surface area (Å²) in [4.78, 5) is 13.8. The molecule has 2 aromatic heterocycles. The molecule has 7 nitrogen and oxygen atoms in total. The molecule has 0 spiro atoms. The number of hydrogen-bond acceptors (Lipinski definition) is 6. The Balaban J connectivity index is 1.34. The Morgan fingerprint density at radius 3 is 2.52 bits per heavy atom. The number of nitrogens with zero attached hydrogens (tertiary/aromatic N) is 6. The molecule has 0 saturated carbocycles. The lowest BCUT2D eigenvalue weighted by Crippen LogP contribution is -2.37. The van der Waals surface area contributed by atoms with Crippen LogP contribution in [-0.2, 0) is 11.3 Å². The Labute approximate surface area is 175 Å². The number of aromatic nitrogens is 4. The van der Waals surface area contributed by atoms with E-state index in [0.29, 0.717) is 19.3 Å². The van der Waals surface area contributed by atoms with Crippen LogP contribution in [0.1, 0.15) is 24.4 Å². The molecule has 152 valence electrons. The Hall–Kier alpha value is -2.22. The molecule has 4 heterocycles. The van der Waals surface area contributed by atoms with Gasteiger partial charge in [-0.15, -0.1) is 0 Å². The molecule has 8 heteroatoms. The monoisotopic (exact) mass is 412 g/mol. The Morgan fingerprint density at radius 2 is 1.76 bits per heavy atom. The van der Waals surface area contributed by atoms with Crippen LogP contribution in [0.3, 0.4) is 0 Å². The van der Waals surface area contributed by atoms with Crippen molar-refractivity contribution in [1.82, 2.24) is 24.6 Å². The Morgan fingerprint density at radius 1 is 1.00 bits per heavy atom. The molecular formula is C21H25ClN6O. The summed E-state index contributed by atoms with van der Waals surface area (Å²) in [7, 11) is 0. The first kappa shape index (κ1) is 18.8. The van der Waals surface area contributed by atoms with Crippen LogP contribution in [0.2, 0.25) is 5.28 Å². The van der Waals surface area contributed by atoms with E-state index in [1.165, 1.54) is 5.56 Å². The van der Waals surface area contributed by atoms with Crippen LogP contribution in [0.5, 0.6) is 0 Å². The first-order valence-corrected chi connectivity index (χ1v) is 10.7. The third kappa shape index (κ3) is 3.95. The normalized spacial score (nSPS) is 19.1. The summed E-state index contributed by atoms with van der Waals surface area (Å²) in [6.07, 6.45) is 4.00. The molecule has 2 aliphatic rings. The largest absolute Gasteiger partial charge is 0.378 e. The predicted octanol–water partition coefficient (Wildman–Crippen LogP) is 3.15. The highest BCUT2D eigenvalue weighted by Crippen LogP contribution is 2.31. The fourth-order valence-electron chi connectivity index (χ4n) is 4.33. The average molecular weight is 413 g/mol. The van der Waals surface area contributed by atoms with Crippen LogP contribution in [0.25, 0.3) is 11.0 Å². The van der Waals surface area contributed by atoms with E-state index >= 15 is 0 Å². The number of rotatable bonds is 4. The molecule has 1 aromatic carbocycles. The van der Waals surface area contributed by atoms with Crippen molar-refractivity contribution in [1.29, 1.82) is 0 Å². The summed E-state index contributed by atoms with van der Waals surface area (Å²) >= 11 is 6.29. The zero-order valence-corrected chi connectivity index (χ0v) is 17.1. The summed E-state index contributed by atoms with van der Waals surface area (Å²) < 4.78 is 7.54. The van der Waals surface area contributed by atoms with Crippen LogP contribution < -0.4 is 4.90 Å². The molecule has 0 aliphatic carbocycles. The highest BCUT2D eigenvalue weighted by atomic mass is 35.5. The molecule has 0 bridgehead atoms. The second kappa shape index (κ2) is 8.26. The molecule has 0 radical (unpaired) electrons. The number of likely N-dealkylation sites (tertiary alicyclic amines) is 1. The Bertz CT molecular complexity index is 964. The topological polar surface area (TPSA) is 59.3 Å². The van der Waals surface area contributed by atoms with Crippen molar-refractivity contribution >= 4 is 28.5 Å². The third-order valence-corrected chi connectivity index (χ3v) is 6.04. The number of hydrogen-bond donors (Lipinski definition) is 0. The number of benzene rings is 1. The van der Waals surface area contributed by atoms with Gasteiger partial charge in [-0.1, -0.05) is 30.3 Å². The molecule has 2 aliphatic heterocycles. The summed E-state index contributed by atoms with van der Waals surface area (Å²) in [5.74, 6) is 0.871. The van der Waals surface area contributed by atoms with Gasteiger partial charge in [0.15, 0.2) is 5.65 Å². The average Bonchev–Trinajstić information content (AvgIpc) is 3.19. The number of halogens is 1. The van der Waals surface area contributed by atoms with Crippen molar-refractivity contribution in [3.05, 3.63) is 47.4 Å². The summed E-state index contributed by atoms with van der Waals surface area (Å²) in [6, 6.07) is 11.0. The number of morpholine rings is 1. The molecule has 2 fully saturated rings. The SMILES string of the molecule is Clc1nc(N2CCOCC2)c2cnn(C3CCN(Cc4ccccc4)CC3)c2n1. The van der Waals surface area contributed by atoms with Crippen LogP contribution in [0.15, 0.2) is 36.5 Å². The van der Waals surface area contributed by atoms with Crippen molar-refractivity contribution < 1.29 is 4.74 Å². The van der Waals surface area contributed by atoms with Gasteiger partial charge in [-0.2, -0.15) is 15.1 Å². The minimum atomic E-state index is 0.280. The lowest BCUT2D eigenvalue weighted by molar-refractivity contribution is 0.122. The predicted molar refractivity (Wildman–Crippen MR) is 113 cm³/mol. The van der Waals surface area contributed by atoms with Crippen molar-refractivity contribution in [3.8, 4) is 0 Å². The highest BCUT2D eigenvalue weighted by molar-refractivity contribution is 6.28. The lowest BCUT2D eigenvalue weighted by atomic mass is 10.0. The van der Waals surface area contributed by atoms with Gasteiger partial charge in [0.2, 0.25) is 5.28 Å². The smallest absolute Gasteiger partial charge is 0.226 e. The summed E-state index contributed by atoms with van der Waals surface area (Å²) in [5, 5.41) is 5.96. The second-order valence-electron chi connectivity index (χ2n) is 7.74. The van der Waals surface area contributed by atoms with Crippen molar-refractivity contribution in [2.75, 3.05) is 44.3 Å². The fourth-order valence-corrected chi connectivity index (χ4v) is 4.49. The van der Waals surface area contributed by atoms with E-state index < -0.39 is 0 Å². The maximum atomic E-state index is 6.29. The maximum Gasteiger partial charge on any atom is 0.226 e. The van der Waals surface area contributed by atoms with Gasteiger partial charge in [0.25, 0.3) is 0 Å². The van der Waals surface area contributed by atoms with Gasteiger partial charge < -0.3 is 9.64 Å². The number of ether oxygens (including phenoxy) is 1. The molecule has 29 heavy (non-hydrogen) atoms.